The lowest BCUT2D eigenvalue weighted by molar-refractivity contribution is -0.119. The molecule has 0 aliphatic rings. The fourth-order valence-electron chi connectivity index (χ4n) is 3.03. The molecule has 0 bridgehead atoms. The summed E-state index contributed by atoms with van der Waals surface area (Å²) in [5.41, 5.74) is 3.01. The van der Waals surface area contributed by atoms with E-state index in [2.05, 4.69) is 10.4 Å². The molecule has 0 unspecified atom stereocenters. The zero-order valence-electron chi connectivity index (χ0n) is 16.0. The van der Waals surface area contributed by atoms with E-state index in [9.17, 15) is 4.79 Å². The summed E-state index contributed by atoms with van der Waals surface area (Å²) in [6.45, 7) is 0. The van der Waals surface area contributed by atoms with Crippen molar-refractivity contribution in [3.8, 4) is 5.69 Å². The van der Waals surface area contributed by atoms with Crippen molar-refractivity contribution in [2.24, 2.45) is 0 Å². The maximum Gasteiger partial charge on any atom is 0.231 e. The highest BCUT2D eigenvalue weighted by Gasteiger charge is 2.17. The van der Waals surface area contributed by atoms with Gasteiger partial charge in [0.2, 0.25) is 5.91 Å². The van der Waals surface area contributed by atoms with Gasteiger partial charge in [-0.2, -0.15) is 0 Å². The maximum absolute atomic E-state index is 12.7. The molecule has 1 heterocycles. The molecule has 0 saturated heterocycles. The van der Waals surface area contributed by atoms with Crippen LogP contribution in [0.1, 0.15) is 17.2 Å². The van der Waals surface area contributed by atoms with E-state index in [1.165, 1.54) is 23.1 Å². The molecule has 30 heavy (non-hydrogen) atoms. The molecule has 0 radical (unpaired) electrons. The van der Waals surface area contributed by atoms with E-state index < -0.39 is 0 Å². The zero-order valence-corrected chi connectivity index (χ0v) is 18.4. The molecule has 1 amide bonds. The summed E-state index contributed by atoms with van der Waals surface area (Å²) < 4.78 is 3.17. The van der Waals surface area contributed by atoms with Crippen LogP contribution in [0.4, 0.5) is 0 Å². The van der Waals surface area contributed by atoms with E-state index in [4.69, 9.17) is 12.2 Å². The van der Waals surface area contributed by atoms with Gasteiger partial charge in [0.1, 0.15) is 0 Å². The van der Waals surface area contributed by atoms with E-state index in [1.54, 1.807) is 4.68 Å². The number of nitrogens with zero attached hydrogens (tertiary/aromatic N) is 2. The van der Waals surface area contributed by atoms with Crippen LogP contribution in [-0.2, 0) is 4.79 Å². The van der Waals surface area contributed by atoms with Crippen molar-refractivity contribution in [3.63, 3.8) is 0 Å². The molecular weight excluding hydrogens is 430 g/mol. The molecule has 1 aromatic heterocycles. The van der Waals surface area contributed by atoms with Crippen molar-refractivity contribution >= 4 is 41.2 Å². The molecule has 0 fully saturated rings. The van der Waals surface area contributed by atoms with Crippen LogP contribution in [-0.4, -0.2) is 21.4 Å². The number of thioether (sulfide) groups is 1. The minimum absolute atomic E-state index is 0.0508. The van der Waals surface area contributed by atoms with Gasteiger partial charge >= 0.3 is 0 Å². The summed E-state index contributed by atoms with van der Waals surface area (Å²) in [5, 5.41) is 7.72. The van der Waals surface area contributed by atoms with Crippen LogP contribution in [0.2, 0.25) is 0 Å². The van der Waals surface area contributed by atoms with Gasteiger partial charge in [-0.25, -0.2) is 4.68 Å². The number of para-hydroxylation sites is 1. The van der Waals surface area contributed by atoms with Crippen LogP contribution in [0, 0.1) is 3.95 Å². The first-order valence-electron chi connectivity index (χ1n) is 9.38. The van der Waals surface area contributed by atoms with Gasteiger partial charge in [-0.15, -0.1) is 5.10 Å². The Kier molecular flexibility index (Phi) is 6.74. The molecule has 0 spiro atoms. The van der Waals surface area contributed by atoms with Gasteiger partial charge in [0.05, 0.1) is 17.5 Å². The second-order valence-corrected chi connectivity index (χ2v) is 9.34. The summed E-state index contributed by atoms with van der Waals surface area (Å²) in [6, 6.07) is 29.5. The summed E-state index contributed by atoms with van der Waals surface area (Å²) in [7, 11) is 0. The number of hydrogen-bond donors (Lipinski definition) is 1. The Bertz CT molecular complexity index is 1120. The molecule has 0 aliphatic carbocycles. The summed E-state index contributed by atoms with van der Waals surface area (Å²) in [6.07, 6.45) is 0. The molecule has 4 aromatic rings. The maximum atomic E-state index is 12.7. The highest BCUT2D eigenvalue weighted by molar-refractivity contribution is 8.01. The molecule has 3 aromatic carbocycles. The van der Waals surface area contributed by atoms with Crippen molar-refractivity contribution < 1.29 is 4.79 Å². The van der Waals surface area contributed by atoms with E-state index in [0.717, 1.165) is 21.2 Å². The monoisotopic (exact) mass is 449 g/mol. The molecule has 150 valence electrons. The number of amides is 1. The van der Waals surface area contributed by atoms with Crippen molar-refractivity contribution in [2.45, 2.75) is 10.4 Å². The van der Waals surface area contributed by atoms with E-state index in [-0.39, 0.29) is 17.7 Å². The predicted molar refractivity (Wildman–Crippen MR) is 126 cm³/mol. The van der Waals surface area contributed by atoms with Gasteiger partial charge in [-0.3, -0.25) is 4.79 Å². The molecule has 1 N–H and O–H groups in total. The van der Waals surface area contributed by atoms with Crippen LogP contribution in [0.3, 0.4) is 0 Å². The predicted octanol–water partition coefficient (Wildman–Crippen LogP) is 5.66. The van der Waals surface area contributed by atoms with Gasteiger partial charge < -0.3 is 5.32 Å². The Morgan fingerprint density at radius 2 is 1.47 bits per heavy atom. The van der Waals surface area contributed by atoms with E-state index in [1.807, 2.05) is 91.0 Å². The second kappa shape index (κ2) is 9.84. The Balaban J connectivity index is 1.45. The lowest BCUT2D eigenvalue weighted by atomic mass is 9.99. The molecule has 4 nitrogen and oxygen atoms in total. The standard InChI is InChI=1S/C23H19N3OS3/c27-20(16-29-22-25-26(23(28)30-22)19-14-8-3-9-15-19)24-21(17-10-4-1-5-11-17)18-12-6-2-7-13-18/h1-15,21H,16H2,(H,24,27). The van der Waals surface area contributed by atoms with Gasteiger partial charge in [0.15, 0.2) is 8.29 Å². The molecule has 0 saturated carbocycles. The summed E-state index contributed by atoms with van der Waals surface area (Å²) in [5.74, 6) is 0.220. The number of aromatic nitrogens is 2. The van der Waals surface area contributed by atoms with Crippen LogP contribution in [0.15, 0.2) is 95.3 Å². The Labute approximate surface area is 188 Å². The van der Waals surface area contributed by atoms with Crippen LogP contribution < -0.4 is 5.32 Å². The highest BCUT2D eigenvalue weighted by Crippen LogP contribution is 2.25. The van der Waals surface area contributed by atoms with Crippen LogP contribution in [0.25, 0.3) is 5.69 Å². The van der Waals surface area contributed by atoms with Gasteiger partial charge in [0.25, 0.3) is 0 Å². The molecule has 7 heteroatoms. The Hall–Kier alpha value is -2.74. The highest BCUT2D eigenvalue weighted by atomic mass is 32.2. The third-order valence-electron chi connectivity index (χ3n) is 4.43. The number of benzene rings is 3. The quantitative estimate of drug-likeness (QED) is 0.292. The number of rotatable bonds is 7. The number of carbonyl (C=O) groups is 1. The molecule has 4 rings (SSSR count). The fourth-order valence-corrected chi connectivity index (χ4v) is 5.20. The molecule has 0 aliphatic heterocycles. The fraction of sp³-hybridized carbons (Fsp3) is 0.0870. The normalized spacial score (nSPS) is 10.8. The van der Waals surface area contributed by atoms with Crippen molar-refractivity contribution in [3.05, 3.63) is 106 Å². The first-order valence-corrected chi connectivity index (χ1v) is 11.6. The van der Waals surface area contributed by atoms with Gasteiger partial charge in [-0.1, -0.05) is 102 Å². The van der Waals surface area contributed by atoms with E-state index in [0.29, 0.717) is 3.95 Å². The third kappa shape index (κ3) is 5.05. The average Bonchev–Trinajstić information content (AvgIpc) is 3.18. The average molecular weight is 450 g/mol. The molecular formula is C23H19N3OS3. The summed E-state index contributed by atoms with van der Waals surface area (Å²) >= 11 is 8.25. The number of carbonyl (C=O) groups excluding carboxylic acids is 1. The summed E-state index contributed by atoms with van der Waals surface area (Å²) in [4.78, 5) is 12.7. The minimum Gasteiger partial charge on any atom is -0.344 e. The smallest absolute Gasteiger partial charge is 0.231 e. The van der Waals surface area contributed by atoms with Gasteiger partial charge in [0, 0.05) is 0 Å². The lowest BCUT2D eigenvalue weighted by Crippen LogP contribution is -2.30. The Morgan fingerprint density at radius 1 is 0.933 bits per heavy atom. The second-order valence-electron chi connectivity index (χ2n) is 6.49. The third-order valence-corrected chi connectivity index (χ3v) is 6.79. The SMILES string of the molecule is O=C(CSc1nn(-c2ccccc2)c(=S)s1)NC(c1ccccc1)c1ccccc1. The van der Waals surface area contributed by atoms with Crippen molar-refractivity contribution in [1.29, 1.82) is 0 Å². The number of nitrogens with one attached hydrogen (secondary N) is 1. The topological polar surface area (TPSA) is 46.9 Å². The largest absolute Gasteiger partial charge is 0.344 e. The van der Waals surface area contributed by atoms with E-state index >= 15 is 0 Å². The van der Waals surface area contributed by atoms with Crippen LogP contribution in [0.5, 0.6) is 0 Å². The van der Waals surface area contributed by atoms with Crippen LogP contribution >= 0.6 is 35.3 Å². The molecule has 0 atom stereocenters. The lowest BCUT2D eigenvalue weighted by Gasteiger charge is -2.19. The van der Waals surface area contributed by atoms with Crippen molar-refractivity contribution in [1.82, 2.24) is 15.1 Å². The number of hydrogen-bond acceptors (Lipinski definition) is 5. The first kappa shape index (κ1) is 20.5. The Morgan fingerprint density at radius 3 is 2.03 bits per heavy atom. The minimum atomic E-state index is -0.194. The first-order chi connectivity index (χ1) is 14.7. The van der Waals surface area contributed by atoms with Crippen molar-refractivity contribution in [2.75, 3.05) is 5.75 Å². The zero-order chi connectivity index (χ0) is 20.8. The van der Waals surface area contributed by atoms with Gasteiger partial charge in [-0.05, 0) is 35.5 Å².